The molecule has 1 saturated heterocycles. The van der Waals surface area contributed by atoms with Crippen LogP contribution in [-0.2, 0) is 19.1 Å². The van der Waals surface area contributed by atoms with Gasteiger partial charge in [-0.2, -0.15) is 0 Å². The van der Waals surface area contributed by atoms with Gasteiger partial charge in [-0.15, -0.1) is 0 Å². The van der Waals surface area contributed by atoms with Gasteiger partial charge in [0, 0.05) is 12.5 Å². The molecule has 1 aromatic rings. The quantitative estimate of drug-likeness (QED) is 0.802. The van der Waals surface area contributed by atoms with Crippen molar-refractivity contribution in [1.29, 1.82) is 0 Å². The first-order valence-corrected chi connectivity index (χ1v) is 6.16. The fourth-order valence-electron chi connectivity index (χ4n) is 1.81. The number of hydrogen-bond acceptors (Lipinski definition) is 4. The molecule has 1 atom stereocenters. The molecule has 112 valence electrons. The van der Waals surface area contributed by atoms with Crippen LogP contribution in [0.4, 0.5) is 14.5 Å². The van der Waals surface area contributed by atoms with Crippen molar-refractivity contribution in [2.45, 2.75) is 18.9 Å². The normalized spacial score (nSPS) is 17.2. The van der Waals surface area contributed by atoms with Crippen LogP contribution >= 0.6 is 0 Å². The summed E-state index contributed by atoms with van der Waals surface area (Å²) in [7, 11) is 0. The SMILES string of the molecule is O=C(COC(=O)[C@@H]1CCC(=O)N1)Nc1ccc(F)cc1F. The third-order valence-corrected chi connectivity index (χ3v) is 2.83. The summed E-state index contributed by atoms with van der Waals surface area (Å²) in [5.74, 6) is -3.45. The number of carbonyl (C=O) groups is 3. The molecular formula is C13H12F2N2O4. The Morgan fingerprint density at radius 1 is 1.38 bits per heavy atom. The fourth-order valence-corrected chi connectivity index (χ4v) is 1.81. The Morgan fingerprint density at radius 2 is 2.14 bits per heavy atom. The maximum absolute atomic E-state index is 13.3. The molecule has 2 amide bonds. The molecule has 0 bridgehead atoms. The first-order chi connectivity index (χ1) is 9.95. The van der Waals surface area contributed by atoms with Crippen molar-refractivity contribution >= 4 is 23.5 Å². The minimum absolute atomic E-state index is 0.216. The van der Waals surface area contributed by atoms with Crippen LogP contribution in [0.2, 0.25) is 0 Å². The number of esters is 1. The van der Waals surface area contributed by atoms with Crippen molar-refractivity contribution in [2.75, 3.05) is 11.9 Å². The van der Waals surface area contributed by atoms with Gasteiger partial charge in [0.15, 0.2) is 6.61 Å². The lowest BCUT2D eigenvalue weighted by molar-refractivity contribution is -0.149. The van der Waals surface area contributed by atoms with Crippen LogP contribution in [0.1, 0.15) is 12.8 Å². The molecule has 0 aromatic heterocycles. The maximum Gasteiger partial charge on any atom is 0.329 e. The summed E-state index contributed by atoms with van der Waals surface area (Å²) >= 11 is 0. The minimum atomic E-state index is -0.933. The van der Waals surface area contributed by atoms with Crippen LogP contribution in [0.5, 0.6) is 0 Å². The van der Waals surface area contributed by atoms with E-state index in [4.69, 9.17) is 4.74 Å². The molecule has 1 heterocycles. The van der Waals surface area contributed by atoms with Crippen LogP contribution < -0.4 is 10.6 Å². The highest BCUT2D eigenvalue weighted by molar-refractivity contribution is 5.94. The molecule has 1 aliphatic heterocycles. The Kier molecular flexibility index (Phi) is 4.46. The number of benzene rings is 1. The zero-order valence-electron chi connectivity index (χ0n) is 10.8. The standard InChI is InChI=1S/C13H12F2N2O4/c14-7-1-2-9(8(15)5-7)16-12(19)6-21-13(20)10-3-4-11(18)17-10/h1-2,5,10H,3-4,6H2,(H,16,19)(H,17,18)/t10-/m0/s1. The fraction of sp³-hybridized carbons (Fsp3) is 0.308. The molecule has 0 unspecified atom stereocenters. The van der Waals surface area contributed by atoms with Crippen LogP contribution in [-0.4, -0.2) is 30.4 Å². The summed E-state index contributed by atoms with van der Waals surface area (Å²) in [6, 6.07) is 1.91. The highest BCUT2D eigenvalue weighted by Gasteiger charge is 2.28. The molecule has 1 aromatic carbocycles. The van der Waals surface area contributed by atoms with Gasteiger partial charge >= 0.3 is 5.97 Å². The second kappa shape index (κ2) is 6.29. The van der Waals surface area contributed by atoms with Crippen molar-refractivity contribution < 1.29 is 27.9 Å². The van der Waals surface area contributed by atoms with Gasteiger partial charge in [-0.3, -0.25) is 9.59 Å². The molecule has 1 aliphatic rings. The average molecular weight is 298 g/mol. The Balaban J connectivity index is 1.82. The topological polar surface area (TPSA) is 84.5 Å². The van der Waals surface area contributed by atoms with Crippen LogP contribution in [0.15, 0.2) is 18.2 Å². The summed E-state index contributed by atoms with van der Waals surface area (Å²) < 4.78 is 30.7. The lowest BCUT2D eigenvalue weighted by atomic mass is 10.2. The van der Waals surface area contributed by atoms with Crippen molar-refractivity contribution in [2.24, 2.45) is 0 Å². The van der Waals surface area contributed by atoms with E-state index in [0.29, 0.717) is 12.5 Å². The predicted molar refractivity (Wildman–Crippen MR) is 67.1 cm³/mol. The average Bonchev–Trinajstić information content (AvgIpc) is 2.86. The second-order valence-electron chi connectivity index (χ2n) is 4.44. The Morgan fingerprint density at radius 3 is 2.76 bits per heavy atom. The van der Waals surface area contributed by atoms with Crippen LogP contribution in [0.25, 0.3) is 0 Å². The second-order valence-corrected chi connectivity index (χ2v) is 4.44. The maximum atomic E-state index is 13.3. The highest BCUT2D eigenvalue weighted by Crippen LogP contribution is 2.14. The van der Waals surface area contributed by atoms with Gasteiger partial charge in [-0.1, -0.05) is 0 Å². The van der Waals surface area contributed by atoms with Gasteiger partial charge in [-0.25, -0.2) is 13.6 Å². The zero-order chi connectivity index (χ0) is 15.4. The summed E-state index contributed by atoms with van der Waals surface area (Å²) in [5, 5.41) is 4.54. The molecule has 0 saturated carbocycles. The molecule has 2 rings (SSSR count). The smallest absolute Gasteiger partial charge is 0.329 e. The van der Waals surface area contributed by atoms with Gasteiger partial charge in [0.05, 0.1) is 5.69 Å². The molecule has 6 nitrogen and oxygen atoms in total. The third-order valence-electron chi connectivity index (χ3n) is 2.83. The summed E-state index contributed by atoms with van der Waals surface area (Å²) in [5.41, 5.74) is -0.216. The molecule has 8 heteroatoms. The van der Waals surface area contributed by atoms with Crippen LogP contribution in [0.3, 0.4) is 0 Å². The number of carbonyl (C=O) groups excluding carboxylic acids is 3. The molecule has 2 N–H and O–H groups in total. The van der Waals surface area contributed by atoms with E-state index in [9.17, 15) is 23.2 Å². The van der Waals surface area contributed by atoms with E-state index in [1.807, 2.05) is 0 Å². The number of halogens is 2. The Labute approximate surface area is 118 Å². The van der Waals surface area contributed by atoms with E-state index >= 15 is 0 Å². The summed E-state index contributed by atoms with van der Waals surface area (Å²) in [6.45, 7) is -0.623. The number of amides is 2. The van der Waals surface area contributed by atoms with E-state index in [0.717, 1.165) is 12.1 Å². The highest BCUT2D eigenvalue weighted by atomic mass is 19.1. The van der Waals surface area contributed by atoms with Gasteiger partial charge in [0.2, 0.25) is 5.91 Å². The minimum Gasteiger partial charge on any atom is -0.454 e. The van der Waals surface area contributed by atoms with E-state index in [1.54, 1.807) is 0 Å². The Hall–Kier alpha value is -2.51. The van der Waals surface area contributed by atoms with Crippen molar-refractivity contribution in [3.8, 4) is 0 Å². The third kappa shape index (κ3) is 3.98. The van der Waals surface area contributed by atoms with E-state index in [-0.39, 0.29) is 18.0 Å². The number of nitrogens with one attached hydrogen (secondary N) is 2. The molecule has 1 fully saturated rings. The van der Waals surface area contributed by atoms with Crippen molar-refractivity contribution in [3.63, 3.8) is 0 Å². The lowest BCUT2D eigenvalue weighted by Gasteiger charge is -2.10. The van der Waals surface area contributed by atoms with E-state index in [2.05, 4.69) is 10.6 Å². The largest absolute Gasteiger partial charge is 0.454 e. The molecule has 0 aliphatic carbocycles. The number of ether oxygens (including phenoxy) is 1. The van der Waals surface area contributed by atoms with Crippen LogP contribution in [0, 0.1) is 11.6 Å². The number of anilines is 1. The monoisotopic (exact) mass is 298 g/mol. The predicted octanol–water partition coefficient (Wildman–Crippen LogP) is 0.725. The van der Waals surface area contributed by atoms with E-state index < -0.39 is 36.2 Å². The number of hydrogen-bond donors (Lipinski definition) is 2. The Bertz CT molecular complexity index is 592. The molecule has 0 radical (unpaired) electrons. The zero-order valence-corrected chi connectivity index (χ0v) is 10.8. The van der Waals surface area contributed by atoms with Gasteiger partial charge < -0.3 is 15.4 Å². The summed E-state index contributed by atoms with van der Waals surface area (Å²) in [4.78, 5) is 33.9. The summed E-state index contributed by atoms with van der Waals surface area (Å²) in [6.07, 6.45) is 0.540. The molecule has 21 heavy (non-hydrogen) atoms. The van der Waals surface area contributed by atoms with Gasteiger partial charge in [0.1, 0.15) is 17.7 Å². The van der Waals surface area contributed by atoms with Crippen molar-refractivity contribution in [3.05, 3.63) is 29.8 Å². The van der Waals surface area contributed by atoms with Gasteiger partial charge in [0.25, 0.3) is 5.91 Å². The van der Waals surface area contributed by atoms with Gasteiger partial charge in [-0.05, 0) is 18.6 Å². The first-order valence-electron chi connectivity index (χ1n) is 6.16. The first kappa shape index (κ1) is 14.9. The number of rotatable bonds is 4. The molecule has 0 spiro atoms. The lowest BCUT2D eigenvalue weighted by Crippen LogP contribution is -2.36. The van der Waals surface area contributed by atoms with Crippen molar-refractivity contribution in [1.82, 2.24) is 5.32 Å². The van der Waals surface area contributed by atoms with E-state index in [1.165, 1.54) is 0 Å². The molecular weight excluding hydrogens is 286 g/mol.